The fraction of sp³-hybridized carbons (Fsp3) is 0.348. The van der Waals surface area contributed by atoms with Crippen LogP contribution in [0.4, 0.5) is 5.69 Å². The Balaban J connectivity index is 1.29. The Bertz CT molecular complexity index is 926. The first kappa shape index (κ1) is 21.2. The fourth-order valence-corrected chi connectivity index (χ4v) is 4.29. The third-order valence-electron chi connectivity index (χ3n) is 5.70. The largest absolute Gasteiger partial charge is 0.340 e. The number of nitrogens with one attached hydrogen (secondary N) is 1. The van der Waals surface area contributed by atoms with Gasteiger partial charge in [0.25, 0.3) is 0 Å². The monoisotopic (exact) mass is 444 g/mol. The van der Waals surface area contributed by atoms with Gasteiger partial charge in [-0.15, -0.1) is 0 Å². The van der Waals surface area contributed by atoms with Crippen molar-refractivity contribution in [1.82, 2.24) is 15.2 Å². The minimum atomic E-state index is -0.0464. The second-order valence-corrected chi connectivity index (χ2v) is 8.71. The van der Waals surface area contributed by atoms with Crippen molar-refractivity contribution in [2.75, 3.05) is 31.2 Å². The van der Waals surface area contributed by atoms with Gasteiger partial charge in [-0.25, -0.2) is 5.43 Å². The topological polar surface area (TPSA) is 38.8 Å². The molecule has 1 unspecified atom stereocenters. The van der Waals surface area contributed by atoms with Crippen molar-refractivity contribution in [2.24, 2.45) is 0 Å². The van der Waals surface area contributed by atoms with Gasteiger partial charge in [-0.3, -0.25) is 14.7 Å². The van der Waals surface area contributed by atoms with Gasteiger partial charge in [-0.2, -0.15) is 0 Å². The molecule has 0 bridgehead atoms. The van der Waals surface area contributed by atoms with Crippen LogP contribution in [0.2, 0.25) is 10.0 Å². The van der Waals surface area contributed by atoms with Crippen LogP contribution in [-0.2, 0) is 11.3 Å². The average molecular weight is 445 g/mol. The molecule has 2 aliphatic rings. The molecule has 0 aromatic heterocycles. The number of hydrogen-bond acceptors (Lipinski definition) is 4. The van der Waals surface area contributed by atoms with E-state index >= 15 is 0 Å². The summed E-state index contributed by atoms with van der Waals surface area (Å²) in [5.74, 6) is 0.179. The number of rotatable bonds is 5. The van der Waals surface area contributed by atoms with E-state index in [-0.39, 0.29) is 11.9 Å². The molecule has 2 aromatic rings. The van der Waals surface area contributed by atoms with Gasteiger partial charge in [0.2, 0.25) is 5.91 Å². The zero-order chi connectivity index (χ0) is 21.1. The molecule has 0 aliphatic carbocycles. The van der Waals surface area contributed by atoms with Crippen LogP contribution < -0.4 is 10.4 Å². The summed E-state index contributed by atoms with van der Waals surface area (Å²) in [6.07, 6.45) is 2.41. The van der Waals surface area contributed by atoms with Crippen molar-refractivity contribution < 1.29 is 4.79 Å². The molecular formula is C23H26Cl2N4O. The maximum absolute atomic E-state index is 12.9. The van der Waals surface area contributed by atoms with E-state index in [4.69, 9.17) is 23.2 Å². The molecule has 5 nitrogen and oxygen atoms in total. The van der Waals surface area contributed by atoms with Crippen molar-refractivity contribution >= 4 is 34.8 Å². The molecule has 0 spiro atoms. The number of carbonyl (C=O) groups excluding carboxylic acids is 1. The second-order valence-electron chi connectivity index (χ2n) is 7.87. The first-order valence-corrected chi connectivity index (χ1v) is 11.0. The van der Waals surface area contributed by atoms with Crippen LogP contribution in [0.1, 0.15) is 18.9 Å². The molecule has 0 radical (unpaired) electrons. The van der Waals surface area contributed by atoms with Gasteiger partial charge in [0.1, 0.15) is 0 Å². The van der Waals surface area contributed by atoms with Crippen molar-refractivity contribution in [3.63, 3.8) is 0 Å². The minimum Gasteiger partial charge on any atom is -0.340 e. The molecule has 0 saturated carbocycles. The quantitative estimate of drug-likeness (QED) is 0.744. The third kappa shape index (κ3) is 4.98. The molecule has 1 fully saturated rings. The first-order chi connectivity index (χ1) is 14.5. The summed E-state index contributed by atoms with van der Waals surface area (Å²) in [7, 11) is 0. The summed E-state index contributed by atoms with van der Waals surface area (Å²) in [6, 6.07) is 15.8. The van der Waals surface area contributed by atoms with Crippen LogP contribution in [-0.4, -0.2) is 47.9 Å². The predicted octanol–water partition coefficient (Wildman–Crippen LogP) is 4.32. The summed E-state index contributed by atoms with van der Waals surface area (Å²) in [5.41, 5.74) is 6.57. The van der Waals surface area contributed by atoms with Gasteiger partial charge < -0.3 is 4.90 Å². The number of amides is 1. The maximum atomic E-state index is 12.9. The lowest BCUT2D eigenvalue weighted by Crippen LogP contribution is -2.49. The Labute approximate surface area is 187 Å². The lowest BCUT2D eigenvalue weighted by Gasteiger charge is -2.35. The molecule has 1 amide bonds. The summed E-state index contributed by atoms with van der Waals surface area (Å²) in [4.78, 5) is 17.3. The van der Waals surface area contributed by atoms with Gasteiger partial charge in [0.05, 0.1) is 16.8 Å². The molecular weight excluding hydrogens is 419 g/mol. The van der Waals surface area contributed by atoms with Gasteiger partial charge in [0, 0.05) is 50.4 Å². The molecule has 2 heterocycles. The Kier molecular flexibility index (Phi) is 6.64. The zero-order valence-electron chi connectivity index (χ0n) is 17.0. The predicted molar refractivity (Wildman–Crippen MR) is 123 cm³/mol. The number of piperazine rings is 1. The van der Waals surface area contributed by atoms with Crippen molar-refractivity contribution in [1.29, 1.82) is 0 Å². The minimum absolute atomic E-state index is 0.0464. The number of benzene rings is 2. The van der Waals surface area contributed by atoms with E-state index in [2.05, 4.69) is 34.6 Å². The van der Waals surface area contributed by atoms with Gasteiger partial charge in [0.15, 0.2) is 0 Å². The number of hydrogen-bond donors (Lipinski definition) is 1. The fourth-order valence-electron chi connectivity index (χ4n) is 3.92. The Morgan fingerprint density at radius 2 is 1.80 bits per heavy atom. The smallest absolute Gasteiger partial charge is 0.224 e. The number of carbonyl (C=O) groups is 1. The highest BCUT2D eigenvalue weighted by Crippen LogP contribution is 2.31. The van der Waals surface area contributed by atoms with Gasteiger partial charge >= 0.3 is 0 Å². The summed E-state index contributed by atoms with van der Waals surface area (Å²) in [6.45, 7) is 6.30. The molecule has 7 heteroatoms. The van der Waals surface area contributed by atoms with Crippen LogP contribution in [0.5, 0.6) is 0 Å². The molecule has 2 aliphatic heterocycles. The molecule has 1 N–H and O–H groups in total. The van der Waals surface area contributed by atoms with Crippen molar-refractivity contribution in [2.45, 2.75) is 25.9 Å². The highest BCUT2D eigenvalue weighted by atomic mass is 35.5. The van der Waals surface area contributed by atoms with Crippen LogP contribution in [0.3, 0.4) is 0 Å². The average Bonchev–Trinajstić information content (AvgIpc) is 3.11. The molecule has 30 heavy (non-hydrogen) atoms. The van der Waals surface area contributed by atoms with E-state index in [0.717, 1.165) is 44.0 Å². The lowest BCUT2D eigenvalue weighted by molar-refractivity contribution is -0.133. The summed E-state index contributed by atoms with van der Waals surface area (Å²) >= 11 is 12.4. The van der Waals surface area contributed by atoms with E-state index in [1.54, 1.807) is 12.1 Å². The Morgan fingerprint density at radius 1 is 1.07 bits per heavy atom. The molecule has 158 valence electrons. The number of anilines is 1. The van der Waals surface area contributed by atoms with Crippen LogP contribution in [0.15, 0.2) is 60.3 Å². The standard InChI is InChI=1S/C23H26Cl2N4O/c1-17-15-29(22-13-19(24)7-8-20(22)25)26-21(17)14-23(30)28-11-9-27(10-12-28)16-18-5-3-2-4-6-18/h2-8,13,15,21,26H,9-12,14,16H2,1H3. The molecule has 2 aromatic carbocycles. The molecule has 1 saturated heterocycles. The van der Waals surface area contributed by atoms with Gasteiger partial charge in [-0.05, 0) is 36.3 Å². The highest BCUT2D eigenvalue weighted by Gasteiger charge is 2.28. The van der Waals surface area contributed by atoms with E-state index in [1.165, 1.54) is 5.56 Å². The highest BCUT2D eigenvalue weighted by molar-refractivity contribution is 6.35. The van der Waals surface area contributed by atoms with Crippen molar-refractivity contribution in [3.05, 3.63) is 75.9 Å². The van der Waals surface area contributed by atoms with Crippen molar-refractivity contribution in [3.8, 4) is 0 Å². The third-order valence-corrected chi connectivity index (χ3v) is 6.25. The Morgan fingerprint density at radius 3 is 2.53 bits per heavy atom. The van der Waals surface area contributed by atoms with E-state index in [0.29, 0.717) is 16.5 Å². The van der Waals surface area contributed by atoms with Crippen LogP contribution in [0, 0.1) is 0 Å². The molecule has 1 atom stereocenters. The summed E-state index contributed by atoms with van der Waals surface area (Å²) in [5, 5.41) is 3.09. The lowest BCUT2D eigenvalue weighted by atomic mass is 10.1. The number of hydrazine groups is 1. The van der Waals surface area contributed by atoms with Gasteiger partial charge in [-0.1, -0.05) is 53.5 Å². The number of halogens is 2. The van der Waals surface area contributed by atoms with E-state index in [9.17, 15) is 4.79 Å². The molecule has 4 rings (SSSR count). The van der Waals surface area contributed by atoms with E-state index < -0.39 is 0 Å². The summed E-state index contributed by atoms with van der Waals surface area (Å²) < 4.78 is 0. The number of nitrogens with zero attached hydrogens (tertiary/aromatic N) is 3. The van der Waals surface area contributed by atoms with E-state index in [1.807, 2.05) is 35.2 Å². The second kappa shape index (κ2) is 9.40. The Hall–Kier alpha value is -2.05. The SMILES string of the molecule is CC1=CN(c2cc(Cl)ccc2Cl)NC1CC(=O)N1CCN(Cc2ccccc2)CC1. The first-order valence-electron chi connectivity index (χ1n) is 10.2. The van der Waals surface area contributed by atoms with Crippen LogP contribution >= 0.6 is 23.2 Å². The maximum Gasteiger partial charge on any atom is 0.224 e. The zero-order valence-corrected chi connectivity index (χ0v) is 18.5. The van der Waals surface area contributed by atoms with Crippen LogP contribution in [0.25, 0.3) is 0 Å². The normalized spacial score (nSPS) is 19.8.